The van der Waals surface area contributed by atoms with Crippen LogP contribution in [-0.4, -0.2) is 9.97 Å². The van der Waals surface area contributed by atoms with Crippen LogP contribution >= 0.6 is 12.2 Å². The lowest BCUT2D eigenvalue weighted by molar-refractivity contribution is 1.19. The van der Waals surface area contributed by atoms with Gasteiger partial charge in [-0.1, -0.05) is 54.7 Å². The molecule has 0 saturated heterocycles. The largest absolute Gasteiger partial charge is 0.350 e. The minimum absolute atomic E-state index is 0.670. The Morgan fingerprint density at radius 2 is 1.82 bits per heavy atom. The summed E-state index contributed by atoms with van der Waals surface area (Å²) in [5.74, 6) is 0. The molecule has 3 aromatic rings. The Morgan fingerprint density at radius 1 is 1.00 bits per heavy atom. The third kappa shape index (κ3) is 1.74. The highest BCUT2D eigenvalue weighted by Crippen LogP contribution is 2.26. The van der Waals surface area contributed by atoms with Gasteiger partial charge in [0.1, 0.15) is 10.3 Å². The normalized spacial score (nSPS) is 10.6. The van der Waals surface area contributed by atoms with Crippen molar-refractivity contribution in [1.29, 1.82) is 0 Å². The monoisotopic (exact) mass is 238 g/mol. The number of aromatic nitrogens is 2. The Labute approximate surface area is 104 Å². The molecule has 82 valence electrons. The molecule has 0 unspecified atom stereocenters. The molecule has 0 aliphatic heterocycles. The van der Waals surface area contributed by atoms with E-state index in [0.717, 1.165) is 11.3 Å². The fourth-order valence-corrected chi connectivity index (χ4v) is 2.21. The molecule has 2 nitrogen and oxygen atoms in total. The quantitative estimate of drug-likeness (QED) is 0.650. The second-order valence-electron chi connectivity index (χ2n) is 3.79. The maximum atomic E-state index is 5.28. The van der Waals surface area contributed by atoms with Gasteiger partial charge >= 0.3 is 0 Å². The molecule has 3 heteroatoms. The molecular formula is C14H10N2S. The van der Waals surface area contributed by atoms with Crippen LogP contribution < -0.4 is 0 Å². The Balaban J connectivity index is 2.39. The van der Waals surface area contributed by atoms with E-state index >= 15 is 0 Å². The van der Waals surface area contributed by atoms with Crippen molar-refractivity contribution in [2.75, 3.05) is 0 Å². The van der Waals surface area contributed by atoms with Gasteiger partial charge in [0.2, 0.25) is 0 Å². The lowest BCUT2D eigenvalue weighted by Crippen LogP contribution is -1.88. The summed E-state index contributed by atoms with van der Waals surface area (Å²) in [6, 6.07) is 14.4. The van der Waals surface area contributed by atoms with Gasteiger partial charge < -0.3 is 4.98 Å². The van der Waals surface area contributed by atoms with Crippen LogP contribution in [0.5, 0.6) is 0 Å². The Kier molecular flexibility index (Phi) is 2.46. The van der Waals surface area contributed by atoms with Crippen LogP contribution in [-0.2, 0) is 0 Å². The minimum Gasteiger partial charge on any atom is -0.350 e. The zero-order valence-corrected chi connectivity index (χ0v) is 9.87. The Bertz CT molecular complexity index is 726. The van der Waals surface area contributed by atoms with Crippen LogP contribution in [0.1, 0.15) is 0 Å². The number of hydrogen-bond acceptors (Lipinski definition) is 2. The summed E-state index contributed by atoms with van der Waals surface area (Å²) < 4.78 is 0.670. The molecule has 0 spiro atoms. The lowest BCUT2D eigenvalue weighted by Gasteiger charge is -2.05. The van der Waals surface area contributed by atoms with Crippen molar-refractivity contribution in [2.24, 2.45) is 0 Å². The van der Waals surface area contributed by atoms with Gasteiger partial charge in [0, 0.05) is 18.0 Å². The van der Waals surface area contributed by atoms with Gasteiger partial charge in [0.05, 0.1) is 0 Å². The van der Waals surface area contributed by atoms with Gasteiger partial charge in [0.15, 0.2) is 0 Å². The first-order chi connectivity index (χ1) is 8.36. The summed E-state index contributed by atoms with van der Waals surface area (Å²) in [5, 5.41) is 2.37. The number of benzene rings is 2. The van der Waals surface area contributed by atoms with Gasteiger partial charge in [-0.05, 0) is 10.8 Å². The molecule has 0 bridgehead atoms. The first-order valence-electron chi connectivity index (χ1n) is 5.38. The summed E-state index contributed by atoms with van der Waals surface area (Å²) in [7, 11) is 0. The number of H-pyrrole nitrogens is 1. The second kappa shape index (κ2) is 4.11. The molecule has 2 aromatic carbocycles. The molecule has 0 saturated carbocycles. The van der Waals surface area contributed by atoms with E-state index in [1.807, 2.05) is 24.3 Å². The Hall–Kier alpha value is -2.00. The SMILES string of the molecule is S=c1[nH]ccnc1-c1cccc2ccccc12. The number of nitrogens with zero attached hydrogens (tertiary/aromatic N) is 1. The topological polar surface area (TPSA) is 28.7 Å². The van der Waals surface area contributed by atoms with E-state index in [4.69, 9.17) is 12.2 Å². The number of aromatic amines is 1. The molecule has 1 N–H and O–H groups in total. The molecule has 1 aromatic heterocycles. The fraction of sp³-hybridized carbons (Fsp3) is 0. The van der Waals surface area contributed by atoms with Crippen LogP contribution in [0.2, 0.25) is 0 Å². The van der Waals surface area contributed by atoms with Crippen molar-refractivity contribution in [3.05, 3.63) is 59.5 Å². The van der Waals surface area contributed by atoms with E-state index in [2.05, 4.69) is 28.2 Å². The standard InChI is InChI=1S/C14H10N2S/c17-14-13(15-8-9-16-14)12-7-3-5-10-4-1-2-6-11(10)12/h1-9H,(H,16,17). The van der Waals surface area contributed by atoms with E-state index in [0.29, 0.717) is 4.64 Å². The Morgan fingerprint density at radius 3 is 2.71 bits per heavy atom. The maximum absolute atomic E-state index is 5.28. The molecular weight excluding hydrogens is 228 g/mol. The number of nitrogens with one attached hydrogen (secondary N) is 1. The van der Waals surface area contributed by atoms with Gasteiger partial charge in [-0.3, -0.25) is 4.98 Å². The predicted molar refractivity (Wildman–Crippen MR) is 72.4 cm³/mol. The average Bonchev–Trinajstić information content (AvgIpc) is 2.39. The van der Waals surface area contributed by atoms with Gasteiger partial charge in [-0.2, -0.15) is 0 Å². The summed E-state index contributed by atoms with van der Waals surface area (Å²) in [4.78, 5) is 7.38. The highest BCUT2D eigenvalue weighted by Gasteiger charge is 2.05. The predicted octanol–water partition coefficient (Wildman–Crippen LogP) is 3.96. The molecule has 0 radical (unpaired) electrons. The highest BCUT2D eigenvalue weighted by molar-refractivity contribution is 7.71. The molecule has 0 fully saturated rings. The van der Waals surface area contributed by atoms with Crippen molar-refractivity contribution in [3.63, 3.8) is 0 Å². The summed E-state index contributed by atoms with van der Waals surface area (Å²) in [6.07, 6.45) is 3.48. The molecule has 0 atom stereocenters. The van der Waals surface area contributed by atoms with Crippen LogP contribution in [0.3, 0.4) is 0 Å². The number of fused-ring (bicyclic) bond motifs is 1. The molecule has 3 rings (SSSR count). The van der Waals surface area contributed by atoms with Crippen molar-refractivity contribution < 1.29 is 0 Å². The fourth-order valence-electron chi connectivity index (χ4n) is 1.98. The molecule has 17 heavy (non-hydrogen) atoms. The average molecular weight is 238 g/mol. The molecule has 0 aliphatic carbocycles. The summed E-state index contributed by atoms with van der Waals surface area (Å²) in [5.41, 5.74) is 1.91. The first kappa shape index (κ1) is 10.2. The van der Waals surface area contributed by atoms with Crippen molar-refractivity contribution in [3.8, 4) is 11.3 Å². The van der Waals surface area contributed by atoms with E-state index in [1.54, 1.807) is 12.4 Å². The van der Waals surface area contributed by atoms with Crippen LogP contribution in [0.4, 0.5) is 0 Å². The second-order valence-corrected chi connectivity index (χ2v) is 4.20. The smallest absolute Gasteiger partial charge is 0.129 e. The minimum atomic E-state index is 0.670. The van der Waals surface area contributed by atoms with Crippen molar-refractivity contribution in [1.82, 2.24) is 9.97 Å². The van der Waals surface area contributed by atoms with E-state index in [1.165, 1.54) is 10.8 Å². The van der Waals surface area contributed by atoms with Crippen molar-refractivity contribution >= 4 is 23.0 Å². The molecule has 0 amide bonds. The number of rotatable bonds is 1. The lowest BCUT2D eigenvalue weighted by atomic mass is 10.0. The third-order valence-electron chi connectivity index (χ3n) is 2.75. The van der Waals surface area contributed by atoms with Crippen molar-refractivity contribution in [2.45, 2.75) is 0 Å². The van der Waals surface area contributed by atoms with Crippen LogP contribution in [0.25, 0.3) is 22.0 Å². The van der Waals surface area contributed by atoms with E-state index in [9.17, 15) is 0 Å². The maximum Gasteiger partial charge on any atom is 0.129 e. The van der Waals surface area contributed by atoms with Crippen LogP contribution in [0.15, 0.2) is 54.9 Å². The zero-order chi connectivity index (χ0) is 11.7. The van der Waals surface area contributed by atoms with Gasteiger partial charge in [-0.15, -0.1) is 0 Å². The number of hydrogen-bond donors (Lipinski definition) is 1. The van der Waals surface area contributed by atoms with Gasteiger partial charge in [-0.25, -0.2) is 0 Å². The van der Waals surface area contributed by atoms with Gasteiger partial charge in [0.25, 0.3) is 0 Å². The molecule has 1 heterocycles. The third-order valence-corrected chi connectivity index (χ3v) is 3.06. The van der Waals surface area contributed by atoms with Crippen LogP contribution in [0, 0.1) is 4.64 Å². The zero-order valence-electron chi connectivity index (χ0n) is 9.05. The summed E-state index contributed by atoms with van der Waals surface area (Å²) >= 11 is 5.28. The van der Waals surface area contributed by atoms with E-state index in [-0.39, 0.29) is 0 Å². The highest BCUT2D eigenvalue weighted by atomic mass is 32.1. The first-order valence-corrected chi connectivity index (χ1v) is 5.79. The molecule has 0 aliphatic rings. The van der Waals surface area contributed by atoms with E-state index < -0.39 is 0 Å². The summed E-state index contributed by atoms with van der Waals surface area (Å²) in [6.45, 7) is 0.